The summed E-state index contributed by atoms with van der Waals surface area (Å²) in [4.78, 5) is 44.4. The SMILES string of the molecule is CSCC[C@H](NC(=O)c1cc(N(C[C@@H]2C[C@H](SC(c3ccccc3)(c3ccccc3)c3ccccc3)CN2)C(=O)OC(C)(C)C)ccc1CCc1ccc(F)cc1)C(=O)Cc1ccccc1F. The summed E-state index contributed by atoms with van der Waals surface area (Å²) in [5.74, 6) is -1.01. The Bertz CT molecular complexity index is 2480. The molecule has 1 aliphatic rings. The molecule has 1 heterocycles. The van der Waals surface area contributed by atoms with Crippen molar-refractivity contribution in [3.8, 4) is 0 Å². The van der Waals surface area contributed by atoms with Crippen molar-refractivity contribution in [1.82, 2.24) is 10.6 Å². The van der Waals surface area contributed by atoms with E-state index in [4.69, 9.17) is 4.74 Å². The van der Waals surface area contributed by atoms with E-state index in [0.29, 0.717) is 48.4 Å². The molecule has 0 bridgehead atoms. The Morgan fingerprint density at radius 3 is 1.94 bits per heavy atom. The van der Waals surface area contributed by atoms with Gasteiger partial charge in [-0.2, -0.15) is 11.8 Å². The average molecular weight is 940 g/mol. The number of thioether (sulfide) groups is 2. The molecule has 0 aromatic heterocycles. The lowest BCUT2D eigenvalue weighted by atomic mass is 9.84. The summed E-state index contributed by atoms with van der Waals surface area (Å²) in [5, 5.41) is 6.88. The monoisotopic (exact) mass is 939 g/mol. The van der Waals surface area contributed by atoms with Crippen LogP contribution in [0.15, 0.2) is 158 Å². The Morgan fingerprint density at radius 1 is 0.761 bits per heavy atom. The van der Waals surface area contributed by atoms with E-state index >= 15 is 0 Å². The molecule has 1 fully saturated rings. The Labute approximate surface area is 402 Å². The number of nitrogens with one attached hydrogen (secondary N) is 2. The van der Waals surface area contributed by atoms with Gasteiger partial charge in [0, 0.05) is 42.1 Å². The van der Waals surface area contributed by atoms with Crippen LogP contribution in [0, 0.1) is 11.6 Å². The number of carbonyl (C=O) groups is 3. The van der Waals surface area contributed by atoms with Crippen LogP contribution in [0.5, 0.6) is 0 Å². The molecule has 0 spiro atoms. The average Bonchev–Trinajstić information content (AvgIpc) is 3.78. The van der Waals surface area contributed by atoms with Crippen molar-refractivity contribution in [2.24, 2.45) is 0 Å². The fourth-order valence-corrected chi connectivity index (χ4v) is 10.9. The zero-order valence-corrected chi connectivity index (χ0v) is 40.2. The number of carbonyl (C=O) groups excluding carboxylic acids is 3. The minimum atomic E-state index is -0.887. The highest BCUT2D eigenvalue weighted by molar-refractivity contribution is 8.01. The van der Waals surface area contributed by atoms with Crippen LogP contribution in [0.3, 0.4) is 0 Å². The quantitative estimate of drug-likeness (QED) is 0.0782. The second kappa shape index (κ2) is 22.8. The lowest BCUT2D eigenvalue weighted by molar-refractivity contribution is -0.120. The van der Waals surface area contributed by atoms with Crippen molar-refractivity contribution in [2.75, 3.05) is 30.0 Å². The predicted molar refractivity (Wildman–Crippen MR) is 270 cm³/mol. The van der Waals surface area contributed by atoms with Crippen LogP contribution in [0.2, 0.25) is 0 Å². The van der Waals surface area contributed by atoms with Gasteiger partial charge in [-0.3, -0.25) is 14.5 Å². The van der Waals surface area contributed by atoms with Crippen molar-refractivity contribution in [2.45, 2.75) is 80.6 Å². The third-order valence-electron chi connectivity index (χ3n) is 12.0. The van der Waals surface area contributed by atoms with Gasteiger partial charge in [-0.1, -0.05) is 127 Å². The van der Waals surface area contributed by atoms with E-state index in [1.54, 1.807) is 53.1 Å². The number of rotatable bonds is 19. The fourth-order valence-electron chi connectivity index (χ4n) is 8.64. The molecule has 0 saturated carbocycles. The molecule has 0 radical (unpaired) electrons. The lowest BCUT2D eigenvalue weighted by Crippen LogP contribution is -2.44. The van der Waals surface area contributed by atoms with E-state index in [9.17, 15) is 23.2 Å². The van der Waals surface area contributed by atoms with Crippen molar-refractivity contribution in [3.63, 3.8) is 0 Å². The minimum Gasteiger partial charge on any atom is -0.443 e. The van der Waals surface area contributed by atoms with Gasteiger partial charge in [-0.05, 0) is 122 Å². The molecule has 0 unspecified atom stereocenters. The van der Waals surface area contributed by atoms with E-state index in [0.717, 1.165) is 12.0 Å². The van der Waals surface area contributed by atoms with Crippen LogP contribution in [-0.2, 0) is 33.5 Å². The van der Waals surface area contributed by atoms with Crippen LogP contribution in [0.1, 0.15) is 77.4 Å². The topological polar surface area (TPSA) is 87.7 Å². The normalized spacial score (nSPS) is 15.4. The first-order valence-corrected chi connectivity index (χ1v) is 25.1. The first kappa shape index (κ1) is 49.2. The number of aryl methyl sites for hydroxylation is 2. The van der Waals surface area contributed by atoms with Crippen molar-refractivity contribution in [1.29, 1.82) is 0 Å². The number of nitrogens with zero attached hydrogens (tertiary/aromatic N) is 1. The molecule has 3 atom stereocenters. The van der Waals surface area contributed by atoms with Gasteiger partial charge in [-0.15, -0.1) is 11.8 Å². The van der Waals surface area contributed by atoms with Gasteiger partial charge in [0.2, 0.25) is 0 Å². The summed E-state index contributed by atoms with van der Waals surface area (Å²) < 4.78 is 34.1. The Morgan fingerprint density at radius 2 is 1.36 bits per heavy atom. The van der Waals surface area contributed by atoms with E-state index in [2.05, 4.69) is 83.4 Å². The Hall–Kier alpha value is -5.75. The predicted octanol–water partition coefficient (Wildman–Crippen LogP) is 11.6. The van der Waals surface area contributed by atoms with Crippen molar-refractivity contribution >= 4 is 47.0 Å². The summed E-state index contributed by atoms with van der Waals surface area (Å²) in [6.07, 6.45) is 3.22. The van der Waals surface area contributed by atoms with Gasteiger partial charge in [0.05, 0.1) is 10.8 Å². The molecule has 1 saturated heterocycles. The molecule has 1 aliphatic heterocycles. The van der Waals surface area contributed by atoms with Gasteiger partial charge in [0.25, 0.3) is 5.91 Å². The molecule has 67 heavy (non-hydrogen) atoms. The summed E-state index contributed by atoms with van der Waals surface area (Å²) >= 11 is 3.46. The number of hydrogen-bond acceptors (Lipinski definition) is 7. The zero-order chi connectivity index (χ0) is 47.4. The van der Waals surface area contributed by atoms with Gasteiger partial charge >= 0.3 is 6.09 Å². The highest BCUT2D eigenvalue weighted by Crippen LogP contribution is 2.51. The maximum Gasteiger partial charge on any atom is 0.414 e. The molecule has 11 heteroatoms. The van der Waals surface area contributed by atoms with E-state index in [-0.39, 0.29) is 41.4 Å². The number of amides is 2. The highest BCUT2D eigenvalue weighted by Gasteiger charge is 2.42. The summed E-state index contributed by atoms with van der Waals surface area (Å²) in [6, 6.07) is 48.6. The number of anilines is 1. The van der Waals surface area contributed by atoms with E-state index in [1.807, 2.05) is 69.1 Å². The highest BCUT2D eigenvalue weighted by atomic mass is 32.2. The molecular formula is C56H59F2N3O4S2. The molecule has 0 aliphatic carbocycles. The van der Waals surface area contributed by atoms with Crippen LogP contribution >= 0.6 is 23.5 Å². The van der Waals surface area contributed by atoms with Crippen LogP contribution in [0.25, 0.3) is 0 Å². The van der Waals surface area contributed by atoms with Crippen LogP contribution in [0.4, 0.5) is 19.3 Å². The Kier molecular flexibility index (Phi) is 16.8. The second-order valence-electron chi connectivity index (χ2n) is 18.0. The van der Waals surface area contributed by atoms with Gasteiger partial charge in [-0.25, -0.2) is 13.6 Å². The number of halogens is 2. The Balaban J connectivity index is 1.20. The third kappa shape index (κ3) is 12.8. The fraction of sp³-hybridized carbons (Fsp3) is 0.304. The second-order valence-corrected chi connectivity index (χ2v) is 20.5. The lowest BCUT2D eigenvalue weighted by Gasteiger charge is -2.37. The number of ether oxygens (including phenoxy) is 1. The standard InChI is InChI=1S/C56H59F2N3O4S2/c1-55(2,3)65-54(64)61(38-46-35-48(37-59-46)67-56(42-17-8-5-9-18-42,43-19-10-6-11-20-43)44-21-12-7-13-22-44)47-31-28-40(27-24-39-25-29-45(57)30-26-39)49(36-47)53(63)60-51(32-33-66-4)52(62)34-41-16-14-15-23-50(41)58/h5-23,25-26,28-31,36,46,48,51,59H,24,27,32-35,37-38H2,1-4H3,(H,60,63)/t46-,48-,51-/m0/s1. The van der Waals surface area contributed by atoms with E-state index < -0.39 is 34.2 Å². The molecule has 7 rings (SSSR count). The van der Waals surface area contributed by atoms with Crippen LogP contribution < -0.4 is 15.5 Å². The minimum absolute atomic E-state index is 0.132. The summed E-state index contributed by atoms with van der Waals surface area (Å²) in [5.41, 5.74) is 5.31. The van der Waals surface area contributed by atoms with Crippen molar-refractivity contribution < 1.29 is 27.9 Å². The molecule has 348 valence electrons. The maximum absolute atomic E-state index is 14.7. The largest absolute Gasteiger partial charge is 0.443 e. The van der Waals surface area contributed by atoms with Crippen LogP contribution in [-0.4, -0.2) is 65.8 Å². The number of hydrogen-bond donors (Lipinski definition) is 2. The van der Waals surface area contributed by atoms with Gasteiger partial charge in [0.1, 0.15) is 17.2 Å². The summed E-state index contributed by atoms with van der Waals surface area (Å²) in [6.45, 7) is 6.42. The molecule has 2 N–H and O–H groups in total. The zero-order valence-electron chi connectivity index (χ0n) is 38.6. The van der Waals surface area contributed by atoms with E-state index in [1.165, 1.54) is 34.9 Å². The van der Waals surface area contributed by atoms with Crippen molar-refractivity contribution in [3.05, 3.63) is 208 Å². The van der Waals surface area contributed by atoms with Gasteiger partial charge < -0.3 is 15.4 Å². The molecular weight excluding hydrogens is 881 g/mol. The first-order valence-electron chi connectivity index (χ1n) is 22.8. The molecule has 6 aromatic carbocycles. The molecule has 6 aromatic rings. The molecule has 2 amide bonds. The molecule has 7 nitrogen and oxygen atoms in total. The summed E-state index contributed by atoms with van der Waals surface area (Å²) in [7, 11) is 0. The maximum atomic E-state index is 14.7. The first-order chi connectivity index (χ1) is 32.3. The smallest absolute Gasteiger partial charge is 0.414 e. The number of Topliss-reactive ketones (excluding diaryl/α,β-unsaturated/α-hetero) is 1. The van der Waals surface area contributed by atoms with Gasteiger partial charge in [0.15, 0.2) is 5.78 Å². The third-order valence-corrected chi connectivity index (χ3v) is 14.4. The number of benzene rings is 6. The number of ketones is 1.